The summed E-state index contributed by atoms with van der Waals surface area (Å²) in [6.07, 6.45) is 0. The van der Waals surface area contributed by atoms with Gasteiger partial charge in [-0.3, -0.25) is 4.79 Å². The molecule has 0 spiro atoms. The van der Waals surface area contributed by atoms with Crippen molar-refractivity contribution in [2.75, 3.05) is 13.7 Å². The number of hydrogen-bond acceptors (Lipinski definition) is 4. The van der Waals surface area contributed by atoms with Crippen LogP contribution < -0.4 is 15.2 Å². The van der Waals surface area contributed by atoms with Crippen LogP contribution in [0.2, 0.25) is 0 Å². The molecule has 0 saturated heterocycles. The standard InChI is InChI=1S/C14H21NO4/c1-14(2,3)10-7-9(18-4)5-6-12(10)19-8-11(15)13(16)17/h5-7,11H,8,15H2,1-4H3,(H,16,17). The Morgan fingerprint density at radius 2 is 2.05 bits per heavy atom. The Morgan fingerprint density at radius 1 is 1.42 bits per heavy atom. The summed E-state index contributed by atoms with van der Waals surface area (Å²) in [4.78, 5) is 10.7. The summed E-state index contributed by atoms with van der Waals surface area (Å²) in [5.41, 5.74) is 6.24. The minimum atomic E-state index is -1.08. The number of ether oxygens (including phenoxy) is 2. The average Bonchev–Trinajstić information content (AvgIpc) is 2.34. The Bertz CT molecular complexity index is 451. The maximum absolute atomic E-state index is 10.7. The molecule has 19 heavy (non-hydrogen) atoms. The van der Waals surface area contributed by atoms with Crippen molar-refractivity contribution in [3.8, 4) is 11.5 Å². The van der Waals surface area contributed by atoms with Gasteiger partial charge in [0, 0.05) is 5.56 Å². The van der Waals surface area contributed by atoms with Gasteiger partial charge in [0.2, 0.25) is 0 Å². The highest BCUT2D eigenvalue weighted by Gasteiger charge is 2.21. The molecule has 0 amide bonds. The van der Waals surface area contributed by atoms with Crippen molar-refractivity contribution < 1.29 is 19.4 Å². The fourth-order valence-corrected chi connectivity index (χ4v) is 1.60. The van der Waals surface area contributed by atoms with E-state index in [0.29, 0.717) is 5.75 Å². The predicted molar refractivity (Wildman–Crippen MR) is 72.8 cm³/mol. The number of nitrogens with two attached hydrogens (primary N) is 1. The molecule has 1 aromatic rings. The largest absolute Gasteiger partial charge is 0.497 e. The minimum absolute atomic E-state index is 0.0647. The van der Waals surface area contributed by atoms with Gasteiger partial charge in [0.05, 0.1) is 7.11 Å². The molecule has 3 N–H and O–H groups in total. The highest BCUT2D eigenvalue weighted by atomic mass is 16.5. The molecule has 0 aliphatic heterocycles. The quantitative estimate of drug-likeness (QED) is 0.850. The lowest BCUT2D eigenvalue weighted by Gasteiger charge is -2.24. The van der Waals surface area contributed by atoms with Crippen LogP contribution in [-0.2, 0) is 10.2 Å². The van der Waals surface area contributed by atoms with Gasteiger partial charge < -0.3 is 20.3 Å². The van der Waals surface area contributed by atoms with Crippen LogP contribution in [0.5, 0.6) is 11.5 Å². The van der Waals surface area contributed by atoms with Crippen LogP contribution in [0.25, 0.3) is 0 Å². The van der Waals surface area contributed by atoms with Gasteiger partial charge in [0.1, 0.15) is 24.1 Å². The zero-order chi connectivity index (χ0) is 14.6. The zero-order valence-electron chi connectivity index (χ0n) is 11.8. The highest BCUT2D eigenvalue weighted by molar-refractivity contribution is 5.73. The fourth-order valence-electron chi connectivity index (χ4n) is 1.60. The normalized spacial score (nSPS) is 12.9. The monoisotopic (exact) mass is 267 g/mol. The van der Waals surface area contributed by atoms with Crippen molar-refractivity contribution in [1.82, 2.24) is 0 Å². The molecule has 0 saturated carbocycles. The third kappa shape index (κ3) is 4.13. The summed E-state index contributed by atoms with van der Waals surface area (Å²) in [6, 6.07) is 4.40. The van der Waals surface area contributed by atoms with Crippen LogP contribution in [0.4, 0.5) is 0 Å². The zero-order valence-corrected chi connectivity index (χ0v) is 11.8. The second-order valence-corrected chi connectivity index (χ2v) is 5.37. The second-order valence-electron chi connectivity index (χ2n) is 5.37. The van der Waals surface area contributed by atoms with Crippen LogP contribution in [-0.4, -0.2) is 30.8 Å². The number of carbonyl (C=O) groups is 1. The molecule has 0 bridgehead atoms. The van der Waals surface area contributed by atoms with E-state index in [0.717, 1.165) is 11.3 Å². The number of carboxylic acid groups (broad SMARTS) is 1. The Kier molecular flexibility index (Phi) is 4.78. The van der Waals surface area contributed by atoms with Gasteiger partial charge in [0.15, 0.2) is 0 Å². The smallest absolute Gasteiger partial charge is 0.324 e. The molecule has 0 aliphatic carbocycles. The van der Waals surface area contributed by atoms with Crippen molar-refractivity contribution in [1.29, 1.82) is 0 Å². The van der Waals surface area contributed by atoms with E-state index in [4.69, 9.17) is 20.3 Å². The van der Waals surface area contributed by atoms with E-state index in [-0.39, 0.29) is 12.0 Å². The van der Waals surface area contributed by atoms with Crippen molar-refractivity contribution in [3.05, 3.63) is 23.8 Å². The summed E-state index contributed by atoms with van der Waals surface area (Å²) >= 11 is 0. The molecule has 1 atom stereocenters. The van der Waals surface area contributed by atoms with E-state index in [9.17, 15) is 4.79 Å². The maximum atomic E-state index is 10.7. The molecule has 106 valence electrons. The van der Waals surface area contributed by atoms with Gasteiger partial charge in [-0.1, -0.05) is 20.8 Å². The Morgan fingerprint density at radius 3 is 2.53 bits per heavy atom. The summed E-state index contributed by atoms with van der Waals surface area (Å²) in [5, 5.41) is 8.75. The predicted octanol–water partition coefficient (Wildman–Crippen LogP) is 1.78. The van der Waals surface area contributed by atoms with E-state index in [2.05, 4.69) is 0 Å². The summed E-state index contributed by atoms with van der Waals surface area (Å²) in [6.45, 7) is 6.08. The molecule has 1 unspecified atom stereocenters. The lowest BCUT2D eigenvalue weighted by Crippen LogP contribution is -2.36. The molecular weight excluding hydrogens is 246 g/mol. The van der Waals surface area contributed by atoms with Gasteiger partial charge in [-0.25, -0.2) is 0 Å². The maximum Gasteiger partial charge on any atom is 0.324 e. The number of benzene rings is 1. The van der Waals surface area contributed by atoms with Gasteiger partial charge >= 0.3 is 5.97 Å². The van der Waals surface area contributed by atoms with Crippen LogP contribution in [0.3, 0.4) is 0 Å². The number of hydrogen-bond donors (Lipinski definition) is 2. The summed E-state index contributed by atoms with van der Waals surface area (Å²) in [5.74, 6) is 0.288. The van der Waals surface area contributed by atoms with Gasteiger partial charge in [0.25, 0.3) is 0 Å². The Labute approximate surface area is 113 Å². The third-order valence-corrected chi connectivity index (χ3v) is 2.73. The number of aliphatic carboxylic acids is 1. The highest BCUT2D eigenvalue weighted by Crippen LogP contribution is 2.34. The van der Waals surface area contributed by atoms with Crippen molar-refractivity contribution in [2.45, 2.75) is 32.2 Å². The molecular formula is C14H21NO4. The van der Waals surface area contributed by atoms with Crippen molar-refractivity contribution in [2.24, 2.45) is 5.73 Å². The average molecular weight is 267 g/mol. The molecule has 1 aromatic carbocycles. The topological polar surface area (TPSA) is 81.8 Å². The molecule has 0 radical (unpaired) electrons. The van der Waals surface area contributed by atoms with Gasteiger partial charge in [-0.05, 0) is 23.6 Å². The lowest BCUT2D eigenvalue weighted by atomic mass is 9.86. The first-order chi connectivity index (χ1) is 8.75. The minimum Gasteiger partial charge on any atom is -0.497 e. The molecule has 1 rings (SSSR count). The van der Waals surface area contributed by atoms with Gasteiger partial charge in [-0.2, -0.15) is 0 Å². The molecule has 5 nitrogen and oxygen atoms in total. The SMILES string of the molecule is COc1ccc(OCC(N)C(=O)O)c(C(C)(C)C)c1. The molecule has 0 heterocycles. The van der Waals surface area contributed by atoms with Crippen molar-refractivity contribution in [3.63, 3.8) is 0 Å². The Hall–Kier alpha value is -1.75. The van der Waals surface area contributed by atoms with Crippen LogP contribution in [0.1, 0.15) is 26.3 Å². The molecule has 0 aromatic heterocycles. The number of carboxylic acids is 1. The first-order valence-electron chi connectivity index (χ1n) is 6.05. The van der Waals surface area contributed by atoms with Crippen LogP contribution in [0.15, 0.2) is 18.2 Å². The molecule has 5 heteroatoms. The number of methoxy groups -OCH3 is 1. The fraction of sp³-hybridized carbons (Fsp3) is 0.500. The van der Waals surface area contributed by atoms with E-state index in [1.807, 2.05) is 26.8 Å². The first-order valence-corrected chi connectivity index (χ1v) is 6.05. The molecule has 0 aliphatic rings. The van der Waals surface area contributed by atoms with E-state index in [1.54, 1.807) is 19.2 Å². The number of rotatable bonds is 5. The van der Waals surface area contributed by atoms with Crippen LogP contribution >= 0.6 is 0 Å². The Balaban J connectivity index is 2.97. The molecule has 0 fully saturated rings. The summed E-state index contributed by atoms with van der Waals surface area (Å²) < 4.78 is 10.7. The third-order valence-electron chi connectivity index (χ3n) is 2.73. The van der Waals surface area contributed by atoms with Crippen molar-refractivity contribution >= 4 is 5.97 Å². The van der Waals surface area contributed by atoms with E-state index >= 15 is 0 Å². The van der Waals surface area contributed by atoms with E-state index in [1.165, 1.54) is 0 Å². The second kappa shape index (κ2) is 5.93. The first kappa shape index (κ1) is 15.3. The van der Waals surface area contributed by atoms with Crippen LogP contribution in [0, 0.1) is 0 Å². The van der Waals surface area contributed by atoms with E-state index < -0.39 is 12.0 Å². The summed E-state index contributed by atoms with van der Waals surface area (Å²) in [7, 11) is 1.60. The lowest BCUT2D eigenvalue weighted by molar-refractivity contribution is -0.139. The van der Waals surface area contributed by atoms with Gasteiger partial charge in [-0.15, -0.1) is 0 Å².